The first-order valence-corrected chi connectivity index (χ1v) is 6.63. The molecule has 0 saturated heterocycles. The summed E-state index contributed by atoms with van der Waals surface area (Å²) in [5, 5.41) is 11.5. The molecule has 1 aliphatic heterocycles. The highest BCUT2D eigenvalue weighted by Gasteiger charge is 2.29. The number of hydrogen-bond acceptors (Lipinski definition) is 5. The number of amidine groups is 1. The Balaban J connectivity index is 1.60. The summed E-state index contributed by atoms with van der Waals surface area (Å²) in [6.07, 6.45) is 2.35. The zero-order valence-corrected chi connectivity index (χ0v) is 10.5. The van der Waals surface area contributed by atoms with Crippen molar-refractivity contribution < 1.29 is 4.42 Å². The predicted molar refractivity (Wildman–Crippen MR) is 71.1 cm³/mol. The molecule has 5 nitrogen and oxygen atoms in total. The first kappa shape index (κ1) is 10.7. The van der Waals surface area contributed by atoms with Crippen molar-refractivity contribution in [1.82, 2.24) is 15.5 Å². The van der Waals surface area contributed by atoms with Crippen LogP contribution in [0.1, 0.15) is 30.2 Å². The van der Waals surface area contributed by atoms with Crippen molar-refractivity contribution in [3.63, 3.8) is 0 Å². The molecular weight excluding hydrogens is 240 g/mol. The first-order chi connectivity index (χ1) is 9.40. The molecule has 2 aromatic rings. The van der Waals surface area contributed by atoms with E-state index in [0.29, 0.717) is 11.8 Å². The second kappa shape index (κ2) is 4.19. The number of nitrogens with zero attached hydrogens (tertiary/aromatic N) is 3. The van der Waals surface area contributed by atoms with Crippen molar-refractivity contribution >= 4 is 5.84 Å². The van der Waals surface area contributed by atoms with E-state index in [1.807, 2.05) is 24.3 Å². The molecule has 1 aromatic heterocycles. The molecule has 2 aliphatic rings. The van der Waals surface area contributed by atoms with E-state index >= 15 is 0 Å². The Morgan fingerprint density at radius 1 is 1.05 bits per heavy atom. The van der Waals surface area contributed by atoms with E-state index in [4.69, 9.17) is 4.42 Å². The lowest BCUT2D eigenvalue weighted by molar-refractivity contribution is 0.508. The topological polar surface area (TPSA) is 63.3 Å². The minimum Gasteiger partial charge on any atom is -0.420 e. The third-order valence-electron chi connectivity index (χ3n) is 3.45. The van der Waals surface area contributed by atoms with Gasteiger partial charge in [-0.3, -0.25) is 4.99 Å². The highest BCUT2D eigenvalue weighted by atomic mass is 16.4. The second-order valence-electron chi connectivity index (χ2n) is 4.95. The van der Waals surface area contributed by atoms with E-state index in [2.05, 4.69) is 20.5 Å². The summed E-state index contributed by atoms with van der Waals surface area (Å²) in [6, 6.07) is 8.07. The van der Waals surface area contributed by atoms with Gasteiger partial charge in [0.2, 0.25) is 11.8 Å². The van der Waals surface area contributed by atoms with Crippen molar-refractivity contribution in [2.45, 2.75) is 18.8 Å². The van der Waals surface area contributed by atoms with Gasteiger partial charge in [0.15, 0.2) is 0 Å². The van der Waals surface area contributed by atoms with Crippen LogP contribution in [0.4, 0.5) is 0 Å². The molecule has 0 atom stereocenters. The molecule has 2 heterocycles. The van der Waals surface area contributed by atoms with Crippen molar-refractivity contribution in [2.24, 2.45) is 4.99 Å². The molecule has 1 aliphatic carbocycles. The quantitative estimate of drug-likeness (QED) is 0.909. The predicted octanol–water partition coefficient (Wildman–Crippen LogP) is 1.96. The molecule has 1 fully saturated rings. The highest BCUT2D eigenvalue weighted by Crippen LogP contribution is 2.39. The van der Waals surface area contributed by atoms with Crippen LogP contribution in [-0.4, -0.2) is 29.1 Å². The van der Waals surface area contributed by atoms with Gasteiger partial charge in [-0.05, 0) is 25.0 Å². The summed E-state index contributed by atoms with van der Waals surface area (Å²) in [6.45, 7) is 1.77. The van der Waals surface area contributed by atoms with Crippen LogP contribution in [0.2, 0.25) is 0 Å². The van der Waals surface area contributed by atoms with Gasteiger partial charge in [0.25, 0.3) is 0 Å². The average Bonchev–Trinajstić information content (AvgIpc) is 2.97. The zero-order chi connectivity index (χ0) is 12.7. The Morgan fingerprint density at radius 3 is 2.53 bits per heavy atom. The third kappa shape index (κ3) is 2.01. The summed E-state index contributed by atoms with van der Waals surface area (Å²) >= 11 is 0. The number of rotatable bonds is 3. The highest BCUT2D eigenvalue weighted by molar-refractivity contribution is 5.99. The first-order valence-electron chi connectivity index (χ1n) is 6.63. The van der Waals surface area contributed by atoms with Crippen LogP contribution in [0.5, 0.6) is 0 Å². The molecular formula is C14H14N4O. The van der Waals surface area contributed by atoms with Gasteiger partial charge in [0.1, 0.15) is 5.84 Å². The lowest BCUT2D eigenvalue weighted by atomic mass is 10.1. The summed E-state index contributed by atoms with van der Waals surface area (Å²) in [7, 11) is 0. The van der Waals surface area contributed by atoms with Crippen molar-refractivity contribution in [1.29, 1.82) is 0 Å². The molecule has 0 spiro atoms. The third-order valence-corrected chi connectivity index (χ3v) is 3.45. The summed E-state index contributed by atoms with van der Waals surface area (Å²) in [5.74, 6) is 2.85. The number of benzene rings is 1. The average molecular weight is 254 g/mol. The van der Waals surface area contributed by atoms with Crippen LogP contribution in [0.3, 0.4) is 0 Å². The molecule has 1 aromatic carbocycles. The Labute approximate surface area is 110 Å². The maximum Gasteiger partial charge on any atom is 0.247 e. The van der Waals surface area contributed by atoms with E-state index in [1.54, 1.807) is 0 Å². The van der Waals surface area contributed by atoms with E-state index in [9.17, 15) is 0 Å². The minimum absolute atomic E-state index is 0.498. The lowest BCUT2D eigenvalue weighted by Crippen LogP contribution is -2.19. The zero-order valence-electron chi connectivity index (χ0n) is 10.5. The summed E-state index contributed by atoms with van der Waals surface area (Å²) in [5.41, 5.74) is 2.06. The fourth-order valence-electron chi connectivity index (χ4n) is 2.21. The van der Waals surface area contributed by atoms with E-state index in [0.717, 1.165) is 35.9 Å². The summed E-state index contributed by atoms with van der Waals surface area (Å²) < 4.78 is 5.69. The molecule has 19 heavy (non-hydrogen) atoms. The van der Waals surface area contributed by atoms with Gasteiger partial charge in [-0.15, -0.1) is 10.2 Å². The van der Waals surface area contributed by atoms with Gasteiger partial charge in [-0.2, -0.15) is 0 Å². The minimum atomic E-state index is 0.498. The lowest BCUT2D eigenvalue weighted by Gasteiger charge is -2.02. The molecule has 5 heteroatoms. The Hall–Kier alpha value is -2.17. The molecule has 0 radical (unpaired) electrons. The van der Waals surface area contributed by atoms with Crippen LogP contribution in [0.15, 0.2) is 33.7 Å². The van der Waals surface area contributed by atoms with Crippen LogP contribution in [0, 0.1) is 0 Å². The number of aliphatic imine (C=N–C) groups is 1. The molecule has 0 bridgehead atoms. The molecule has 96 valence electrons. The molecule has 1 saturated carbocycles. The van der Waals surface area contributed by atoms with E-state index < -0.39 is 0 Å². The van der Waals surface area contributed by atoms with Crippen LogP contribution < -0.4 is 5.32 Å². The normalized spacial score (nSPS) is 18.2. The van der Waals surface area contributed by atoms with E-state index in [-0.39, 0.29) is 0 Å². The Bertz CT molecular complexity index is 625. The number of hydrogen-bond donors (Lipinski definition) is 1. The van der Waals surface area contributed by atoms with Crippen molar-refractivity contribution in [3.8, 4) is 11.5 Å². The smallest absolute Gasteiger partial charge is 0.247 e. The molecule has 0 unspecified atom stereocenters. The maximum absolute atomic E-state index is 5.69. The second-order valence-corrected chi connectivity index (χ2v) is 4.95. The largest absolute Gasteiger partial charge is 0.420 e. The van der Waals surface area contributed by atoms with Crippen molar-refractivity contribution in [2.75, 3.05) is 13.1 Å². The van der Waals surface area contributed by atoms with Gasteiger partial charge < -0.3 is 9.73 Å². The van der Waals surface area contributed by atoms with Gasteiger partial charge in [-0.25, -0.2) is 0 Å². The number of aromatic nitrogens is 2. The maximum atomic E-state index is 5.69. The SMILES string of the molecule is c1cc(-c2nnc(C3CC3)o2)ccc1C1=NCCN1. The summed E-state index contributed by atoms with van der Waals surface area (Å²) in [4.78, 5) is 4.40. The van der Waals surface area contributed by atoms with Gasteiger partial charge >= 0.3 is 0 Å². The molecule has 1 N–H and O–H groups in total. The van der Waals surface area contributed by atoms with Gasteiger partial charge in [-0.1, -0.05) is 12.1 Å². The van der Waals surface area contributed by atoms with E-state index in [1.165, 1.54) is 12.8 Å². The monoisotopic (exact) mass is 254 g/mol. The van der Waals surface area contributed by atoms with Crippen LogP contribution >= 0.6 is 0 Å². The Morgan fingerprint density at radius 2 is 1.84 bits per heavy atom. The fourth-order valence-corrected chi connectivity index (χ4v) is 2.21. The Kier molecular flexibility index (Phi) is 2.36. The molecule has 4 rings (SSSR count). The van der Waals surface area contributed by atoms with Gasteiger partial charge in [0, 0.05) is 23.6 Å². The standard InChI is InChI=1S/C14H14N4O/c1-3-10(4-2-9(1)12-15-7-8-16-12)13-17-18-14(19-13)11-5-6-11/h1-4,11H,5-8H2,(H,15,16). The van der Waals surface area contributed by atoms with Crippen LogP contribution in [0.25, 0.3) is 11.5 Å². The molecule has 0 amide bonds. The fraction of sp³-hybridized carbons (Fsp3) is 0.357. The van der Waals surface area contributed by atoms with Crippen LogP contribution in [-0.2, 0) is 0 Å². The number of nitrogens with one attached hydrogen (secondary N) is 1. The van der Waals surface area contributed by atoms with Crippen molar-refractivity contribution in [3.05, 3.63) is 35.7 Å². The van der Waals surface area contributed by atoms with Gasteiger partial charge in [0.05, 0.1) is 6.54 Å².